The van der Waals surface area contributed by atoms with E-state index >= 15 is 0 Å². The first-order valence-electron chi connectivity index (χ1n) is 5.30. The van der Waals surface area contributed by atoms with Crippen LogP contribution in [0.5, 0.6) is 0 Å². The van der Waals surface area contributed by atoms with Crippen LogP contribution in [0.4, 0.5) is 0 Å². The molecule has 6 heteroatoms. The molecular formula is C10H15N5S. The third-order valence-electron chi connectivity index (χ3n) is 2.24. The fourth-order valence-corrected chi connectivity index (χ4v) is 2.30. The molecule has 86 valence electrons. The van der Waals surface area contributed by atoms with Gasteiger partial charge < -0.3 is 5.32 Å². The molecule has 0 atom stereocenters. The van der Waals surface area contributed by atoms with E-state index in [1.807, 2.05) is 4.68 Å². The normalized spacial score (nSPS) is 10.9. The summed E-state index contributed by atoms with van der Waals surface area (Å²) < 4.78 is 1.84. The maximum absolute atomic E-state index is 4.00. The average molecular weight is 237 g/mol. The largest absolute Gasteiger partial charge is 0.310 e. The monoisotopic (exact) mass is 237 g/mol. The number of rotatable bonds is 5. The van der Waals surface area contributed by atoms with Gasteiger partial charge in [-0.3, -0.25) is 0 Å². The Morgan fingerprint density at radius 2 is 2.31 bits per heavy atom. The molecule has 0 saturated carbocycles. The molecular weight excluding hydrogens is 222 g/mol. The molecule has 2 heterocycles. The second-order valence-corrected chi connectivity index (χ2v) is 4.92. The minimum Gasteiger partial charge on any atom is -0.310 e. The van der Waals surface area contributed by atoms with Gasteiger partial charge in [0.05, 0.1) is 13.1 Å². The maximum Gasteiger partial charge on any atom is 0.165 e. The van der Waals surface area contributed by atoms with Crippen LogP contribution in [0, 0.1) is 6.92 Å². The minimum atomic E-state index is 0.716. The van der Waals surface area contributed by atoms with Crippen molar-refractivity contribution in [3.05, 3.63) is 27.7 Å². The summed E-state index contributed by atoms with van der Waals surface area (Å²) in [6, 6.07) is 4.24. The average Bonchev–Trinajstić information content (AvgIpc) is 2.86. The van der Waals surface area contributed by atoms with Crippen molar-refractivity contribution in [3.8, 4) is 0 Å². The van der Waals surface area contributed by atoms with Gasteiger partial charge in [-0.2, -0.15) is 0 Å². The van der Waals surface area contributed by atoms with Crippen LogP contribution >= 0.6 is 11.3 Å². The van der Waals surface area contributed by atoms with E-state index in [0.29, 0.717) is 6.54 Å². The SMILES string of the molecule is CCNCc1nnnn1Cc1ccc(C)s1. The lowest BCUT2D eigenvalue weighted by atomic mass is 10.4. The fourth-order valence-electron chi connectivity index (χ4n) is 1.43. The number of aryl methyl sites for hydroxylation is 1. The van der Waals surface area contributed by atoms with Gasteiger partial charge in [-0.1, -0.05) is 6.92 Å². The molecule has 0 amide bonds. The standard InChI is InChI=1S/C10H15N5S/c1-3-11-6-10-12-13-14-15(10)7-9-5-4-8(2)16-9/h4-5,11H,3,6-7H2,1-2H3. The van der Waals surface area contributed by atoms with Gasteiger partial charge in [-0.05, 0) is 36.0 Å². The second-order valence-electron chi connectivity index (χ2n) is 3.55. The number of nitrogens with zero attached hydrogens (tertiary/aromatic N) is 4. The molecule has 2 rings (SSSR count). The summed E-state index contributed by atoms with van der Waals surface area (Å²) in [6.07, 6.45) is 0. The molecule has 2 aromatic heterocycles. The highest BCUT2D eigenvalue weighted by Gasteiger charge is 2.06. The Morgan fingerprint density at radius 3 is 3.00 bits per heavy atom. The first-order chi connectivity index (χ1) is 7.79. The first kappa shape index (κ1) is 11.2. The number of nitrogens with one attached hydrogen (secondary N) is 1. The summed E-state index contributed by atoms with van der Waals surface area (Å²) in [7, 11) is 0. The van der Waals surface area contributed by atoms with Crippen LogP contribution in [-0.2, 0) is 13.1 Å². The molecule has 0 aliphatic rings. The van der Waals surface area contributed by atoms with E-state index in [0.717, 1.165) is 18.9 Å². The van der Waals surface area contributed by atoms with Crippen LogP contribution < -0.4 is 5.32 Å². The molecule has 0 fully saturated rings. The lowest BCUT2D eigenvalue weighted by molar-refractivity contribution is 0.591. The predicted molar refractivity (Wildman–Crippen MR) is 63.4 cm³/mol. The maximum atomic E-state index is 4.00. The molecule has 1 N–H and O–H groups in total. The van der Waals surface area contributed by atoms with E-state index < -0.39 is 0 Å². The minimum absolute atomic E-state index is 0.716. The highest BCUT2D eigenvalue weighted by Crippen LogP contribution is 2.16. The van der Waals surface area contributed by atoms with Crippen LogP contribution in [0.3, 0.4) is 0 Å². The number of hydrogen-bond acceptors (Lipinski definition) is 5. The summed E-state index contributed by atoms with van der Waals surface area (Å²) in [5.41, 5.74) is 0. The summed E-state index contributed by atoms with van der Waals surface area (Å²) >= 11 is 1.78. The van der Waals surface area contributed by atoms with Crippen LogP contribution in [0.25, 0.3) is 0 Å². The lowest BCUT2D eigenvalue weighted by Crippen LogP contribution is -2.17. The zero-order chi connectivity index (χ0) is 11.4. The van der Waals surface area contributed by atoms with Crippen LogP contribution in [0.2, 0.25) is 0 Å². The van der Waals surface area contributed by atoms with Gasteiger partial charge >= 0.3 is 0 Å². The van der Waals surface area contributed by atoms with E-state index in [1.165, 1.54) is 9.75 Å². The number of hydrogen-bond donors (Lipinski definition) is 1. The highest BCUT2D eigenvalue weighted by atomic mass is 32.1. The third kappa shape index (κ3) is 2.65. The van der Waals surface area contributed by atoms with Crippen molar-refractivity contribution < 1.29 is 0 Å². The van der Waals surface area contributed by atoms with Crippen molar-refractivity contribution in [2.45, 2.75) is 26.9 Å². The topological polar surface area (TPSA) is 55.6 Å². The molecule has 5 nitrogen and oxygen atoms in total. The summed E-state index contributed by atoms with van der Waals surface area (Å²) in [5.74, 6) is 0.882. The van der Waals surface area contributed by atoms with Gasteiger partial charge in [0.15, 0.2) is 5.82 Å². The van der Waals surface area contributed by atoms with Gasteiger partial charge in [0.25, 0.3) is 0 Å². The van der Waals surface area contributed by atoms with Crippen molar-refractivity contribution in [1.82, 2.24) is 25.5 Å². The smallest absolute Gasteiger partial charge is 0.165 e. The Balaban J connectivity index is 2.06. The van der Waals surface area contributed by atoms with Gasteiger partial charge in [-0.15, -0.1) is 16.4 Å². The summed E-state index contributed by atoms with van der Waals surface area (Å²) in [4.78, 5) is 2.60. The Morgan fingerprint density at radius 1 is 1.44 bits per heavy atom. The second kappa shape index (κ2) is 5.18. The van der Waals surface area contributed by atoms with Crippen molar-refractivity contribution in [2.24, 2.45) is 0 Å². The van der Waals surface area contributed by atoms with E-state index in [4.69, 9.17) is 0 Å². The number of aromatic nitrogens is 4. The Kier molecular flexibility index (Phi) is 3.63. The van der Waals surface area contributed by atoms with Crippen molar-refractivity contribution in [2.75, 3.05) is 6.54 Å². The third-order valence-corrected chi connectivity index (χ3v) is 3.23. The van der Waals surface area contributed by atoms with Crippen LogP contribution in [-0.4, -0.2) is 26.8 Å². The molecule has 0 spiro atoms. The molecule has 0 saturated heterocycles. The van der Waals surface area contributed by atoms with E-state index in [2.05, 4.69) is 46.8 Å². The van der Waals surface area contributed by atoms with E-state index in [1.54, 1.807) is 11.3 Å². The number of tetrazole rings is 1. The fraction of sp³-hybridized carbons (Fsp3) is 0.500. The molecule has 0 aromatic carbocycles. The Bertz CT molecular complexity index is 448. The lowest BCUT2D eigenvalue weighted by Gasteiger charge is -2.02. The van der Waals surface area contributed by atoms with Gasteiger partial charge in [0, 0.05) is 9.75 Å². The molecule has 0 bridgehead atoms. The Hall–Kier alpha value is -1.27. The van der Waals surface area contributed by atoms with E-state index in [9.17, 15) is 0 Å². The number of thiophene rings is 1. The van der Waals surface area contributed by atoms with Crippen LogP contribution in [0.15, 0.2) is 12.1 Å². The summed E-state index contributed by atoms with van der Waals surface area (Å²) in [5, 5.41) is 14.9. The zero-order valence-electron chi connectivity index (χ0n) is 9.47. The predicted octanol–water partition coefficient (Wildman–Crippen LogP) is 1.20. The van der Waals surface area contributed by atoms with E-state index in [-0.39, 0.29) is 0 Å². The first-order valence-corrected chi connectivity index (χ1v) is 6.12. The van der Waals surface area contributed by atoms with Gasteiger partial charge in [-0.25, -0.2) is 4.68 Å². The van der Waals surface area contributed by atoms with Gasteiger partial charge in [0.2, 0.25) is 0 Å². The van der Waals surface area contributed by atoms with Crippen molar-refractivity contribution >= 4 is 11.3 Å². The molecule has 2 aromatic rings. The molecule has 0 aliphatic carbocycles. The van der Waals surface area contributed by atoms with Crippen LogP contribution in [0.1, 0.15) is 22.5 Å². The Labute approximate surface area is 98.5 Å². The highest BCUT2D eigenvalue weighted by molar-refractivity contribution is 7.11. The molecule has 0 aliphatic heterocycles. The zero-order valence-corrected chi connectivity index (χ0v) is 10.3. The van der Waals surface area contributed by atoms with Crippen molar-refractivity contribution in [3.63, 3.8) is 0 Å². The molecule has 0 unspecified atom stereocenters. The summed E-state index contributed by atoms with van der Waals surface area (Å²) in [6.45, 7) is 6.56. The molecule has 16 heavy (non-hydrogen) atoms. The quantitative estimate of drug-likeness (QED) is 0.849. The molecule has 0 radical (unpaired) electrons. The van der Waals surface area contributed by atoms with Gasteiger partial charge in [0.1, 0.15) is 0 Å². The van der Waals surface area contributed by atoms with Crippen molar-refractivity contribution in [1.29, 1.82) is 0 Å².